The molecule has 2 aromatic carbocycles. The highest BCUT2D eigenvalue weighted by molar-refractivity contribution is 6.05. The van der Waals surface area contributed by atoms with Crippen LogP contribution in [-0.2, 0) is 6.42 Å². The number of anilines is 1. The zero-order chi connectivity index (χ0) is 23.7. The van der Waals surface area contributed by atoms with E-state index in [1.54, 1.807) is 12.4 Å². The number of nitrogens with zero attached hydrogens (tertiary/aromatic N) is 6. The van der Waals surface area contributed by atoms with E-state index in [9.17, 15) is 0 Å². The van der Waals surface area contributed by atoms with Crippen molar-refractivity contribution in [3.05, 3.63) is 78.4 Å². The Morgan fingerprint density at radius 2 is 1.85 bits per heavy atom. The first-order valence-electron chi connectivity index (χ1n) is 11.0. The van der Waals surface area contributed by atoms with Crippen LogP contribution in [0.1, 0.15) is 17.8 Å². The van der Waals surface area contributed by atoms with Crippen molar-refractivity contribution in [1.29, 1.82) is 5.26 Å². The largest absolute Gasteiger partial charge is 0.362 e. The van der Waals surface area contributed by atoms with E-state index >= 15 is 0 Å². The second-order valence-corrected chi connectivity index (χ2v) is 8.23. The fourth-order valence-electron chi connectivity index (χ4n) is 4.26. The molecule has 0 fully saturated rings. The molecule has 5 aromatic rings. The standard InChI is InChI=1S/C28H22N6/c1-4-26-32-25-18-31-24-14-11-20(22-8-6-16-30-28(22)33(2)3)17-23(24)27(25)34(26)21-12-9-19(10-13-21)7-5-15-29/h1,6,8-14,16-18H,5,7H2,2-3H3. The van der Waals surface area contributed by atoms with Crippen molar-refractivity contribution in [2.75, 3.05) is 19.0 Å². The zero-order valence-electron chi connectivity index (χ0n) is 19.0. The number of terminal acetylenes is 1. The van der Waals surface area contributed by atoms with Gasteiger partial charge in [0.15, 0.2) is 5.82 Å². The maximum Gasteiger partial charge on any atom is 0.190 e. The van der Waals surface area contributed by atoms with Gasteiger partial charge in [0.1, 0.15) is 11.3 Å². The molecule has 0 spiro atoms. The molecule has 0 aliphatic carbocycles. The van der Waals surface area contributed by atoms with Crippen LogP contribution in [0.2, 0.25) is 0 Å². The second-order valence-electron chi connectivity index (χ2n) is 8.23. The van der Waals surface area contributed by atoms with Gasteiger partial charge in [-0.15, -0.1) is 6.42 Å². The number of nitriles is 1. The summed E-state index contributed by atoms with van der Waals surface area (Å²) in [6, 6.07) is 20.5. The minimum atomic E-state index is 0.491. The molecule has 6 nitrogen and oxygen atoms in total. The molecule has 0 saturated heterocycles. The summed E-state index contributed by atoms with van der Waals surface area (Å²) in [5.41, 5.74) is 6.63. The lowest BCUT2D eigenvalue weighted by atomic mass is 10.0. The van der Waals surface area contributed by atoms with E-state index in [2.05, 4.69) is 45.1 Å². The van der Waals surface area contributed by atoms with Gasteiger partial charge in [0.05, 0.1) is 23.3 Å². The molecule has 0 saturated carbocycles. The third-order valence-electron chi connectivity index (χ3n) is 5.85. The molecule has 0 radical (unpaired) electrons. The summed E-state index contributed by atoms with van der Waals surface area (Å²) >= 11 is 0. The second kappa shape index (κ2) is 8.69. The Bertz CT molecular complexity index is 1600. The normalized spacial score (nSPS) is 10.8. The van der Waals surface area contributed by atoms with Crippen LogP contribution in [0, 0.1) is 23.7 Å². The van der Waals surface area contributed by atoms with E-state index in [0.717, 1.165) is 56.6 Å². The van der Waals surface area contributed by atoms with Gasteiger partial charge in [0.2, 0.25) is 0 Å². The number of benzene rings is 2. The van der Waals surface area contributed by atoms with E-state index in [1.807, 2.05) is 60.0 Å². The quantitative estimate of drug-likeness (QED) is 0.353. The first-order valence-corrected chi connectivity index (χ1v) is 11.0. The van der Waals surface area contributed by atoms with Gasteiger partial charge in [-0.05, 0) is 59.9 Å². The Morgan fingerprint density at radius 3 is 2.59 bits per heavy atom. The smallest absolute Gasteiger partial charge is 0.190 e. The fraction of sp³-hybridized carbons (Fsp3) is 0.143. The van der Waals surface area contributed by atoms with Crippen LogP contribution in [0.3, 0.4) is 0 Å². The highest BCUT2D eigenvalue weighted by atomic mass is 15.1. The average molecular weight is 443 g/mol. The summed E-state index contributed by atoms with van der Waals surface area (Å²) in [7, 11) is 3.97. The van der Waals surface area contributed by atoms with Crippen LogP contribution in [0.5, 0.6) is 0 Å². The Kier molecular flexibility index (Phi) is 5.41. The Hall–Kier alpha value is -4.68. The minimum Gasteiger partial charge on any atom is -0.362 e. The molecule has 0 amide bonds. The first-order chi connectivity index (χ1) is 16.6. The molecule has 0 aliphatic heterocycles. The van der Waals surface area contributed by atoms with Crippen molar-refractivity contribution in [3.63, 3.8) is 0 Å². The molecular formula is C28H22N6. The van der Waals surface area contributed by atoms with Crippen molar-refractivity contribution < 1.29 is 0 Å². The van der Waals surface area contributed by atoms with Crippen LogP contribution < -0.4 is 4.90 Å². The SMILES string of the molecule is C#Cc1nc2cnc3ccc(-c4cccnc4N(C)C)cc3c2n1-c1ccc(CCC#N)cc1. The summed E-state index contributed by atoms with van der Waals surface area (Å²) in [4.78, 5) is 15.9. The molecule has 3 aromatic heterocycles. The highest BCUT2D eigenvalue weighted by Crippen LogP contribution is 2.33. The highest BCUT2D eigenvalue weighted by Gasteiger charge is 2.16. The number of rotatable bonds is 5. The van der Waals surface area contributed by atoms with Crippen molar-refractivity contribution in [1.82, 2.24) is 19.5 Å². The predicted molar refractivity (Wildman–Crippen MR) is 136 cm³/mol. The van der Waals surface area contributed by atoms with Gasteiger partial charge in [0.25, 0.3) is 0 Å². The summed E-state index contributed by atoms with van der Waals surface area (Å²) < 4.78 is 2.01. The van der Waals surface area contributed by atoms with E-state index in [1.165, 1.54) is 0 Å². The van der Waals surface area contributed by atoms with Gasteiger partial charge in [-0.3, -0.25) is 9.55 Å². The molecule has 6 heteroatoms. The van der Waals surface area contributed by atoms with Crippen LogP contribution >= 0.6 is 0 Å². The molecule has 0 atom stereocenters. The number of imidazole rings is 1. The van der Waals surface area contributed by atoms with E-state index in [0.29, 0.717) is 12.2 Å². The van der Waals surface area contributed by atoms with Crippen LogP contribution in [0.25, 0.3) is 38.8 Å². The van der Waals surface area contributed by atoms with Crippen molar-refractivity contribution in [3.8, 4) is 35.2 Å². The summed E-state index contributed by atoms with van der Waals surface area (Å²) in [5, 5.41) is 9.84. The lowest BCUT2D eigenvalue weighted by Gasteiger charge is -2.16. The van der Waals surface area contributed by atoms with Gasteiger partial charge < -0.3 is 4.90 Å². The zero-order valence-corrected chi connectivity index (χ0v) is 19.0. The van der Waals surface area contributed by atoms with Crippen molar-refractivity contribution in [2.24, 2.45) is 0 Å². The maximum atomic E-state index is 8.87. The summed E-state index contributed by atoms with van der Waals surface area (Å²) in [5.74, 6) is 4.15. The maximum absolute atomic E-state index is 8.87. The third kappa shape index (κ3) is 3.62. The lowest BCUT2D eigenvalue weighted by Crippen LogP contribution is -2.11. The van der Waals surface area contributed by atoms with Gasteiger partial charge in [0, 0.05) is 43.4 Å². The number of pyridine rings is 2. The van der Waals surface area contributed by atoms with Crippen molar-refractivity contribution in [2.45, 2.75) is 12.8 Å². The molecule has 164 valence electrons. The van der Waals surface area contributed by atoms with Gasteiger partial charge in [-0.2, -0.15) is 5.26 Å². The number of hydrogen-bond acceptors (Lipinski definition) is 5. The number of aromatic nitrogens is 4. The van der Waals surface area contributed by atoms with Crippen LogP contribution in [0.4, 0.5) is 5.82 Å². The Morgan fingerprint density at radius 1 is 1.03 bits per heavy atom. The summed E-state index contributed by atoms with van der Waals surface area (Å²) in [6.45, 7) is 0. The van der Waals surface area contributed by atoms with E-state index < -0.39 is 0 Å². The number of fused-ring (bicyclic) bond motifs is 3. The van der Waals surface area contributed by atoms with E-state index in [-0.39, 0.29) is 0 Å². The third-order valence-corrected chi connectivity index (χ3v) is 5.85. The van der Waals surface area contributed by atoms with Gasteiger partial charge in [-0.25, -0.2) is 9.97 Å². The lowest BCUT2D eigenvalue weighted by molar-refractivity contribution is 1.00. The van der Waals surface area contributed by atoms with E-state index in [4.69, 9.17) is 11.7 Å². The predicted octanol–water partition coefficient (Wildman–Crippen LogP) is 5.14. The topological polar surface area (TPSA) is 70.6 Å². The van der Waals surface area contributed by atoms with Gasteiger partial charge >= 0.3 is 0 Å². The minimum absolute atomic E-state index is 0.491. The molecule has 0 aliphatic rings. The Balaban J connectivity index is 1.75. The van der Waals surface area contributed by atoms with Crippen LogP contribution in [0.15, 0.2) is 67.0 Å². The molecular weight excluding hydrogens is 420 g/mol. The molecule has 34 heavy (non-hydrogen) atoms. The van der Waals surface area contributed by atoms with Crippen LogP contribution in [-0.4, -0.2) is 33.6 Å². The van der Waals surface area contributed by atoms with Crippen molar-refractivity contribution >= 4 is 27.8 Å². The fourth-order valence-corrected chi connectivity index (χ4v) is 4.26. The molecule has 0 unspecified atom stereocenters. The molecule has 3 heterocycles. The molecule has 5 rings (SSSR count). The first kappa shape index (κ1) is 21.2. The number of hydrogen-bond donors (Lipinski definition) is 0. The van der Waals surface area contributed by atoms with Gasteiger partial charge in [-0.1, -0.05) is 18.2 Å². The molecule has 0 bridgehead atoms. The monoisotopic (exact) mass is 442 g/mol. The average Bonchev–Trinajstić information content (AvgIpc) is 3.26. The number of aryl methyl sites for hydroxylation is 1. The summed E-state index contributed by atoms with van der Waals surface area (Å²) in [6.07, 6.45) is 10.6. The molecule has 0 N–H and O–H groups in total. The Labute approximate surface area is 198 Å².